The van der Waals surface area contributed by atoms with Crippen molar-refractivity contribution in [3.8, 4) is 23.0 Å². The van der Waals surface area contributed by atoms with Crippen molar-refractivity contribution in [1.82, 2.24) is 4.98 Å². The van der Waals surface area contributed by atoms with Crippen LogP contribution in [0.15, 0.2) is 42.6 Å². The predicted octanol–water partition coefficient (Wildman–Crippen LogP) is 3.32. The second-order valence-corrected chi connectivity index (χ2v) is 5.72. The molecule has 0 radical (unpaired) electrons. The number of hydrogen-bond acceptors (Lipinski definition) is 6. The molecule has 0 spiro atoms. The van der Waals surface area contributed by atoms with Gasteiger partial charge in [0, 0.05) is 11.6 Å². The molecule has 2 N–H and O–H groups in total. The van der Waals surface area contributed by atoms with Gasteiger partial charge in [0.25, 0.3) is 0 Å². The quantitative estimate of drug-likeness (QED) is 0.732. The third kappa shape index (κ3) is 3.11. The molecule has 6 heteroatoms. The fourth-order valence-corrected chi connectivity index (χ4v) is 2.97. The first-order valence-corrected chi connectivity index (χ1v) is 8.11. The lowest BCUT2D eigenvalue weighted by Crippen LogP contribution is -2.14. The van der Waals surface area contributed by atoms with Gasteiger partial charge in [0.05, 0.1) is 40.2 Å². The fourth-order valence-electron chi connectivity index (χ4n) is 2.97. The third-order valence-corrected chi connectivity index (χ3v) is 4.36. The van der Waals surface area contributed by atoms with Gasteiger partial charge in [-0.1, -0.05) is 6.07 Å². The molecule has 2 aromatic carbocycles. The van der Waals surface area contributed by atoms with Crippen molar-refractivity contribution in [1.29, 1.82) is 0 Å². The molecule has 3 rings (SSSR count). The maximum atomic E-state index is 6.53. The zero-order chi connectivity index (χ0) is 18.7. The Bertz CT molecular complexity index is 927. The minimum atomic E-state index is -0.434. The number of nitrogens with two attached hydrogens (primary N) is 1. The standard InChI is InChI=1S/C20H22N2O4/c1-23-15-6-5-13(10-16(15)24-2)19(21)20-14-11-18(26-4)17(25-3)9-12(14)7-8-22-20/h5-11,19H,21H2,1-4H3. The summed E-state index contributed by atoms with van der Waals surface area (Å²) in [5, 5.41) is 1.89. The second-order valence-electron chi connectivity index (χ2n) is 5.72. The summed E-state index contributed by atoms with van der Waals surface area (Å²) in [7, 11) is 6.42. The van der Waals surface area contributed by atoms with Gasteiger partial charge < -0.3 is 24.7 Å². The molecule has 0 aliphatic heterocycles. The highest BCUT2D eigenvalue weighted by atomic mass is 16.5. The summed E-state index contributed by atoms with van der Waals surface area (Å²) in [5.74, 6) is 2.58. The van der Waals surface area contributed by atoms with Crippen LogP contribution in [0.5, 0.6) is 23.0 Å². The van der Waals surface area contributed by atoms with Gasteiger partial charge in [-0.05, 0) is 41.3 Å². The lowest BCUT2D eigenvalue weighted by Gasteiger charge is -2.17. The van der Waals surface area contributed by atoms with Crippen molar-refractivity contribution in [3.05, 3.63) is 53.9 Å². The summed E-state index contributed by atoms with van der Waals surface area (Å²) in [6.45, 7) is 0. The largest absolute Gasteiger partial charge is 0.493 e. The Labute approximate surface area is 152 Å². The Morgan fingerprint density at radius 1 is 0.769 bits per heavy atom. The highest BCUT2D eigenvalue weighted by Crippen LogP contribution is 2.36. The van der Waals surface area contributed by atoms with E-state index >= 15 is 0 Å². The van der Waals surface area contributed by atoms with Crippen LogP contribution in [0.4, 0.5) is 0 Å². The molecule has 0 aliphatic rings. The molecule has 0 aliphatic carbocycles. The van der Waals surface area contributed by atoms with Gasteiger partial charge in [0.2, 0.25) is 0 Å². The lowest BCUT2D eigenvalue weighted by molar-refractivity contribution is 0.354. The SMILES string of the molecule is COc1ccc(C(N)c2nccc3cc(OC)c(OC)cc23)cc1OC. The fraction of sp³-hybridized carbons (Fsp3) is 0.250. The summed E-state index contributed by atoms with van der Waals surface area (Å²) in [6, 6.07) is 10.9. The predicted molar refractivity (Wildman–Crippen MR) is 100 cm³/mol. The number of ether oxygens (including phenoxy) is 4. The number of rotatable bonds is 6. The Morgan fingerprint density at radius 3 is 2.04 bits per heavy atom. The Balaban J connectivity index is 2.12. The van der Waals surface area contributed by atoms with Crippen LogP contribution in [0.2, 0.25) is 0 Å². The maximum Gasteiger partial charge on any atom is 0.161 e. The van der Waals surface area contributed by atoms with Crippen molar-refractivity contribution in [2.24, 2.45) is 5.73 Å². The average Bonchev–Trinajstić information content (AvgIpc) is 2.70. The molecule has 26 heavy (non-hydrogen) atoms. The van der Waals surface area contributed by atoms with Gasteiger partial charge in [0.15, 0.2) is 23.0 Å². The monoisotopic (exact) mass is 354 g/mol. The molecule has 3 aromatic rings. The molecule has 0 saturated heterocycles. The second kappa shape index (κ2) is 7.49. The Hall–Kier alpha value is -2.99. The van der Waals surface area contributed by atoms with E-state index in [-0.39, 0.29) is 0 Å². The minimum absolute atomic E-state index is 0.434. The molecule has 1 atom stereocenters. The van der Waals surface area contributed by atoms with Crippen LogP contribution in [0.1, 0.15) is 17.3 Å². The number of pyridine rings is 1. The Morgan fingerprint density at radius 2 is 1.38 bits per heavy atom. The van der Waals surface area contributed by atoms with Crippen LogP contribution in [-0.4, -0.2) is 33.4 Å². The Kier molecular flexibility index (Phi) is 5.14. The van der Waals surface area contributed by atoms with Crippen molar-refractivity contribution in [2.75, 3.05) is 28.4 Å². The van der Waals surface area contributed by atoms with Crippen LogP contribution in [-0.2, 0) is 0 Å². The highest BCUT2D eigenvalue weighted by molar-refractivity contribution is 5.88. The molecular formula is C20H22N2O4. The molecule has 0 bridgehead atoms. The zero-order valence-electron chi connectivity index (χ0n) is 15.3. The van der Waals surface area contributed by atoms with E-state index in [4.69, 9.17) is 24.7 Å². The smallest absolute Gasteiger partial charge is 0.161 e. The first-order valence-electron chi connectivity index (χ1n) is 8.11. The highest BCUT2D eigenvalue weighted by Gasteiger charge is 2.18. The summed E-state index contributed by atoms with van der Waals surface area (Å²) in [5.41, 5.74) is 8.15. The van der Waals surface area contributed by atoms with Crippen LogP contribution in [0, 0.1) is 0 Å². The first-order chi connectivity index (χ1) is 12.6. The van der Waals surface area contributed by atoms with Gasteiger partial charge in [-0.15, -0.1) is 0 Å². The molecule has 0 saturated carbocycles. The van der Waals surface area contributed by atoms with Crippen molar-refractivity contribution >= 4 is 10.8 Å². The molecule has 1 aromatic heterocycles. The molecule has 1 heterocycles. The number of hydrogen-bond donors (Lipinski definition) is 1. The average molecular weight is 354 g/mol. The number of benzene rings is 2. The van der Waals surface area contributed by atoms with Crippen LogP contribution in [0.25, 0.3) is 10.8 Å². The third-order valence-electron chi connectivity index (χ3n) is 4.36. The molecule has 0 amide bonds. The normalized spacial score (nSPS) is 11.9. The summed E-state index contributed by atoms with van der Waals surface area (Å²) >= 11 is 0. The van der Waals surface area contributed by atoms with Crippen LogP contribution < -0.4 is 24.7 Å². The van der Waals surface area contributed by atoms with Crippen LogP contribution in [0.3, 0.4) is 0 Å². The van der Waals surface area contributed by atoms with Gasteiger partial charge in [-0.2, -0.15) is 0 Å². The van der Waals surface area contributed by atoms with E-state index < -0.39 is 6.04 Å². The van der Waals surface area contributed by atoms with Crippen molar-refractivity contribution in [3.63, 3.8) is 0 Å². The summed E-state index contributed by atoms with van der Waals surface area (Å²) < 4.78 is 21.5. The van der Waals surface area contributed by atoms with E-state index in [1.165, 1.54) is 0 Å². The minimum Gasteiger partial charge on any atom is -0.493 e. The van der Waals surface area contributed by atoms with E-state index in [1.54, 1.807) is 34.6 Å². The van der Waals surface area contributed by atoms with Crippen molar-refractivity contribution < 1.29 is 18.9 Å². The molecule has 0 fully saturated rings. The van der Waals surface area contributed by atoms with Crippen molar-refractivity contribution in [2.45, 2.75) is 6.04 Å². The van der Waals surface area contributed by atoms with E-state index in [9.17, 15) is 0 Å². The lowest BCUT2D eigenvalue weighted by atomic mass is 9.98. The number of aromatic nitrogens is 1. The van der Waals surface area contributed by atoms with Crippen LogP contribution >= 0.6 is 0 Å². The first kappa shape index (κ1) is 17.8. The zero-order valence-corrected chi connectivity index (χ0v) is 15.3. The van der Waals surface area contributed by atoms with Gasteiger partial charge in [-0.3, -0.25) is 4.98 Å². The topological polar surface area (TPSA) is 75.8 Å². The van der Waals surface area contributed by atoms with Gasteiger partial charge >= 0.3 is 0 Å². The van der Waals surface area contributed by atoms with E-state index in [0.29, 0.717) is 23.0 Å². The molecule has 1 unspecified atom stereocenters. The van der Waals surface area contributed by atoms with E-state index in [2.05, 4.69) is 4.98 Å². The summed E-state index contributed by atoms with van der Waals surface area (Å²) in [6.07, 6.45) is 1.74. The summed E-state index contributed by atoms with van der Waals surface area (Å²) in [4.78, 5) is 4.52. The number of methoxy groups -OCH3 is 4. The van der Waals surface area contributed by atoms with E-state index in [1.807, 2.05) is 36.4 Å². The number of nitrogens with zero attached hydrogens (tertiary/aromatic N) is 1. The maximum absolute atomic E-state index is 6.53. The van der Waals surface area contributed by atoms with Gasteiger partial charge in [-0.25, -0.2) is 0 Å². The van der Waals surface area contributed by atoms with E-state index in [0.717, 1.165) is 22.0 Å². The molecule has 6 nitrogen and oxygen atoms in total. The molecule has 136 valence electrons. The number of fused-ring (bicyclic) bond motifs is 1. The van der Waals surface area contributed by atoms with Gasteiger partial charge in [0.1, 0.15) is 0 Å². The molecular weight excluding hydrogens is 332 g/mol.